The monoisotopic (exact) mass is 247 g/mol. The van der Waals surface area contributed by atoms with Crippen molar-refractivity contribution in [1.29, 1.82) is 0 Å². The summed E-state index contributed by atoms with van der Waals surface area (Å²) in [5, 5.41) is 3.52. The molecule has 0 aliphatic heterocycles. The molecule has 90 valence electrons. The molecule has 0 fully saturated rings. The molecule has 0 saturated carbocycles. The highest BCUT2D eigenvalue weighted by molar-refractivity contribution is 7.09. The largest absolute Gasteiger partial charge is 0.314 e. The second-order valence-corrected chi connectivity index (χ2v) is 4.96. The summed E-state index contributed by atoms with van der Waals surface area (Å²) in [5.74, 6) is 0. The molecule has 0 aliphatic carbocycles. The Hall–Kier alpha value is -1.26. The number of hydrogen-bond donors (Lipinski definition) is 1. The van der Waals surface area contributed by atoms with E-state index < -0.39 is 0 Å². The first kappa shape index (κ1) is 12.2. The maximum atomic E-state index is 4.16. The first-order valence-corrected chi connectivity index (χ1v) is 6.76. The van der Waals surface area contributed by atoms with Crippen molar-refractivity contribution in [2.45, 2.75) is 25.8 Å². The number of aromatic nitrogens is 2. The minimum atomic E-state index is 0.463. The van der Waals surface area contributed by atoms with Crippen LogP contribution in [0.25, 0.3) is 0 Å². The van der Waals surface area contributed by atoms with Gasteiger partial charge in [0.05, 0.1) is 5.51 Å². The number of rotatable bonds is 6. The summed E-state index contributed by atoms with van der Waals surface area (Å²) in [6.07, 6.45) is 7.76. The molecule has 1 atom stereocenters. The van der Waals surface area contributed by atoms with E-state index in [1.54, 1.807) is 11.3 Å². The van der Waals surface area contributed by atoms with Gasteiger partial charge in [0, 0.05) is 29.5 Å². The van der Waals surface area contributed by atoms with Crippen LogP contribution < -0.4 is 5.32 Å². The van der Waals surface area contributed by atoms with Gasteiger partial charge in [-0.2, -0.15) is 0 Å². The molecule has 0 amide bonds. The van der Waals surface area contributed by atoms with Gasteiger partial charge in [0.25, 0.3) is 0 Å². The lowest BCUT2D eigenvalue weighted by molar-refractivity contribution is 0.523. The smallest absolute Gasteiger partial charge is 0.0794 e. The van der Waals surface area contributed by atoms with Gasteiger partial charge in [0.15, 0.2) is 0 Å². The van der Waals surface area contributed by atoms with E-state index in [1.165, 1.54) is 10.4 Å². The van der Waals surface area contributed by atoms with Gasteiger partial charge < -0.3 is 5.32 Å². The first-order valence-electron chi connectivity index (χ1n) is 5.88. The van der Waals surface area contributed by atoms with Gasteiger partial charge in [-0.3, -0.25) is 9.97 Å². The van der Waals surface area contributed by atoms with Crippen molar-refractivity contribution in [2.24, 2.45) is 0 Å². The molecule has 1 N–H and O–H groups in total. The van der Waals surface area contributed by atoms with Crippen LogP contribution >= 0.6 is 11.3 Å². The fraction of sp³-hybridized carbons (Fsp3) is 0.385. The minimum absolute atomic E-state index is 0.463. The predicted molar refractivity (Wildman–Crippen MR) is 71.2 cm³/mol. The predicted octanol–water partition coefficient (Wildman–Crippen LogP) is 2.30. The van der Waals surface area contributed by atoms with Crippen molar-refractivity contribution in [3.63, 3.8) is 0 Å². The quantitative estimate of drug-likeness (QED) is 0.851. The SMILES string of the molecule is CCNC(Cc1cccnc1)Cc1cncs1. The second kappa shape index (κ2) is 6.47. The summed E-state index contributed by atoms with van der Waals surface area (Å²) in [4.78, 5) is 9.61. The molecule has 0 spiro atoms. The van der Waals surface area contributed by atoms with E-state index in [1.807, 2.05) is 30.2 Å². The van der Waals surface area contributed by atoms with Gasteiger partial charge in [-0.25, -0.2) is 0 Å². The molecule has 0 radical (unpaired) electrons. The number of nitrogens with one attached hydrogen (secondary N) is 1. The summed E-state index contributed by atoms with van der Waals surface area (Å²) in [6, 6.07) is 4.58. The standard InChI is InChI=1S/C13H17N3S/c1-2-16-12(7-13-9-15-10-17-13)6-11-4-3-5-14-8-11/h3-5,8-10,12,16H,2,6-7H2,1H3. The highest BCUT2D eigenvalue weighted by Gasteiger charge is 2.10. The first-order chi connectivity index (χ1) is 8.38. The fourth-order valence-electron chi connectivity index (χ4n) is 1.89. The Labute approximate surface area is 106 Å². The molecular weight excluding hydrogens is 230 g/mol. The summed E-state index contributed by atoms with van der Waals surface area (Å²) >= 11 is 1.72. The zero-order valence-corrected chi connectivity index (χ0v) is 10.8. The molecule has 2 heterocycles. The zero-order chi connectivity index (χ0) is 11.9. The molecule has 2 aromatic rings. The average molecular weight is 247 g/mol. The van der Waals surface area contributed by atoms with Gasteiger partial charge >= 0.3 is 0 Å². The normalized spacial score (nSPS) is 12.5. The van der Waals surface area contributed by atoms with Gasteiger partial charge in [-0.15, -0.1) is 11.3 Å². The molecule has 0 saturated heterocycles. The lowest BCUT2D eigenvalue weighted by atomic mass is 10.0. The van der Waals surface area contributed by atoms with E-state index in [0.29, 0.717) is 6.04 Å². The van der Waals surface area contributed by atoms with Crippen LogP contribution in [0.2, 0.25) is 0 Å². The molecule has 17 heavy (non-hydrogen) atoms. The Kier molecular flexibility index (Phi) is 4.64. The molecular formula is C13H17N3S. The van der Waals surface area contributed by atoms with Crippen LogP contribution in [0.15, 0.2) is 36.2 Å². The van der Waals surface area contributed by atoms with Crippen LogP contribution in [0.3, 0.4) is 0 Å². The highest BCUT2D eigenvalue weighted by atomic mass is 32.1. The maximum absolute atomic E-state index is 4.16. The highest BCUT2D eigenvalue weighted by Crippen LogP contribution is 2.11. The lowest BCUT2D eigenvalue weighted by Gasteiger charge is -2.16. The van der Waals surface area contributed by atoms with Gasteiger partial charge in [0.2, 0.25) is 0 Å². The molecule has 2 rings (SSSR count). The van der Waals surface area contributed by atoms with Crippen LogP contribution in [0.1, 0.15) is 17.4 Å². The zero-order valence-electron chi connectivity index (χ0n) is 9.97. The fourth-order valence-corrected chi connectivity index (χ4v) is 2.57. The lowest BCUT2D eigenvalue weighted by Crippen LogP contribution is -2.32. The third-order valence-corrected chi connectivity index (χ3v) is 3.43. The molecule has 0 aromatic carbocycles. The Morgan fingerprint density at radius 1 is 1.29 bits per heavy atom. The van der Waals surface area contributed by atoms with Crippen LogP contribution in [-0.4, -0.2) is 22.6 Å². The number of likely N-dealkylation sites (N-methyl/N-ethyl adjacent to an activating group) is 1. The van der Waals surface area contributed by atoms with Gasteiger partial charge in [-0.1, -0.05) is 13.0 Å². The van der Waals surface area contributed by atoms with Crippen molar-refractivity contribution in [3.05, 3.63) is 46.7 Å². The van der Waals surface area contributed by atoms with Crippen molar-refractivity contribution in [1.82, 2.24) is 15.3 Å². The number of pyridine rings is 1. The Balaban J connectivity index is 1.97. The van der Waals surface area contributed by atoms with E-state index in [9.17, 15) is 0 Å². The summed E-state index contributed by atoms with van der Waals surface area (Å²) in [7, 11) is 0. The molecule has 4 heteroatoms. The topological polar surface area (TPSA) is 37.8 Å². The average Bonchev–Trinajstić information content (AvgIpc) is 2.83. The second-order valence-electron chi connectivity index (χ2n) is 3.99. The summed E-state index contributed by atoms with van der Waals surface area (Å²) < 4.78 is 0. The van der Waals surface area contributed by atoms with Crippen LogP contribution in [0.5, 0.6) is 0 Å². The van der Waals surface area contributed by atoms with Gasteiger partial charge in [-0.05, 0) is 31.0 Å². The van der Waals surface area contributed by atoms with Crippen molar-refractivity contribution in [3.8, 4) is 0 Å². The van der Waals surface area contributed by atoms with Crippen LogP contribution in [0, 0.1) is 0 Å². The van der Waals surface area contributed by atoms with Crippen LogP contribution in [-0.2, 0) is 12.8 Å². The minimum Gasteiger partial charge on any atom is -0.314 e. The van der Waals surface area contributed by atoms with Gasteiger partial charge in [0.1, 0.15) is 0 Å². The molecule has 0 bridgehead atoms. The summed E-state index contributed by atoms with van der Waals surface area (Å²) in [5.41, 5.74) is 3.17. The van der Waals surface area contributed by atoms with E-state index in [4.69, 9.17) is 0 Å². The molecule has 2 aromatic heterocycles. The van der Waals surface area contributed by atoms with Crippen molar-refractivity contribution < 1.29 is 0 Å². The molecule has 1 unspecified atom stereocenters. The molecule has 0 aliphatic rings. The third kappa shape index (κ3) is 3.91. The molecule has 3 nitrogen and oxygen atoms in total. The Bertz CT molecular complexity index is 413. The Morgan fingerprint density at radius 2 is 2.24 bits per heavy atom. The number of hydrogen-bond acceptors (Lipinski definition) is 4. The number of thiazole rings is 1. The van der Waals surface area contributed by atoms with E-state index in [0.717, 1.165) is 19.4 Å². The van der Waals surface area contributed by atoms with E-state index in [2.05, 4.69) is 28.3 Å². The van der Waals surface area contributed by atoms with Crippen LogP contribution in [0.4, 0.5) is 0 Å². The Morgan fingerprint density at radius 3 is 2.88 bits per heavy atom. The van der Waals surface area contributed by atoms with Crippen molar-refractivity contribution >= 4 is 11.3 Å². The third-order valence-electron chi connectivity index (χ3n) is 2.63. The van der Waals surface area contributed by atoms with E-state index >= 15 is 0 Å². The van der Waals surface area contributed by atoms with Crippen molar-refractivity contribution in [2.75, 3.05) is 6.54 Å². The maximum Gasteiger partial charge on any atom is 0.0794 e. The summed E-state index contributed by atoms with van der Waals surface area (Å²) in [6.45, 7) is 3.13. The number of nitrogens with zero attached hydrogens (tertiary/aromatic N) is 2. The van der Waals surface area contributed by atoms with E-state index in [-0.39, 0.29) is 0 Å².